The molecule has 0 aromatic carbocycles. The number of aromatic nitrogens is 2. The highest BCUT2D eigenvalue weighted by Gasteiger charge is 2.04. The summed E-state index contributed by atoms with van der Waals surface area (Å²) in [4.78, 5) is 0. The van der Waals surface area contributed by atoms with Crippen LogP contribution in [0.5, 0.6) is 0 Å². The molecule has 13 heavy (non-hydrogen) atoms. The van der Waals surface area contributed by atoms with E-state index in [4.69, 9.17) is 5.26 Å². The van der Waals surface area contributed by atoms with Gasteiger partial charge in [-0.1, -0.05) is 13.8 Å². The summed E-state index contributed by atoms with van der Waals surface area (Å²) in [7, 11) is 0. The van der Waals surface area contributed by atoms with Crippen LogP contribution < -0.4 is 4.57 Å². The SMILES string of the molecule is CC(C)C[n+]1ccn(CCC#N)c1. The Morgan fingerprint density at radius 2 is 2.31 bits per heavy atom. The van der Waals surface area contributed by atoms with Crippen LogP contribution in [0, 0.1) is 17.2 Å². The highest BCUT2D eigenvalue weighted by molar-refractivity contribution is 4.73. The van der Waals surface area contributed by atoms with Crippen molar-refractivity contribution in [3.05, 3.63) is 18.7 Å². The molecule has 70 valence electrons. The third-order valence-corrected chi connectivity index (χ3v) is 1.80. The molecule has 0 amide bonds. The van der Waals surface area contributed by atoms with Crippen LogP contribution in [0.4, 0.5) is 0 Å². The van der Waals surface area contributed by atoms with Crippen LogP contribution in [-0.2, 0) is 13.1 Å². The number of imidazole rings is 1. The Morgan fingerprint density at radius 1 is 1.54 bits per heavy atom. The number of hydrogen-bond donors (Lipinski definition) is 0. The van der Waals surface area contributed by atoms with E-state index in [0.29, 0.717) is 12.3 Å². The first-order valence-corrected chi connectivity index (χ1v) is 4.64. The van der Waals surface area contributed by atoms with E-state index in [1.165, 1.54) is 0 Å². The molecule has 1 heterocycles. The summed E-state index contributed by atoms with van der Waals surface area (Å²) in [6.45, 7) is 6.22. The molecule has 0 atom stereocenters. The lowest BCUT2D eigenvalue weighted by atomic mass is 10.2. The van der Waals surface area contributed by atoms with E-state index >= 15 is 0 Å². The van der Waals surface area contributed by atoms with Gasteiger partial charge in [-0.15, -0.1) is 0 Å². The monoisotopic (exact) mass is 178 g/mol. The van der Waals surface area contributed by atoms with Crippen LogP contribution >= 0.6 is 0 Å². The molecule has 0 unspecified atom stereocenters. The van der Waals surface area contributed by atoms with E-state index in [-0.39, 0.29) is 0 Å². The van der Waals surface area contributed by atoms with Crippen molar-refractivity contribution < 1.29 is 4.57 Å². The number of nitriles is 1. The van der Waals surface area contributed by atoms with Gasteiger partial charge in [0.15, 0.2) is 0 Å². The lowest BCUT2D eigenvalue weighted by Crippen LogP contribution is -2.33. The van der Waals surface area contributed by atoms with E-state index in [1.54, 1.807) is 0 Å². The van der Waals surface area contributed by atoms with Gasteiger partial charge < -0.3 is 0 Å². The lowest BCUT2D eigenvalue weighted by molar-refractivity contribution is -0.701. The zero-order valence-electron chi connectivity index (χ0n) is 8.27. The summed E-state index contributed by atoms with van der Waals surface area (Å²) in [5.41, 5.74) is 0. The van der Waals surface area contributed by atoms with Crippen molar-refractivity contribution in [2.45, 2.75) is 33.4 Å². The molecule has 3 heteroatoms. The van der Waals surface area contributed by atoms with Gasteiger partial charge in [0.25, 0.3) is 0 Å². The summed E-state index contributed by atoms with van der Waals surface area (Å²) >= 11 is 0. The van der Waals surface area contributed by atoms with Crippen molar-refractivity contribution in [2.75, 3.05) is 0 Å². The average molecular weight is 178 g/mol. The normalized spacial score (nSPS) is 10.3. The molecule has 0 fully saturated rings. The van der Waals surface area contributed by atoms with Crippen molar-refractivity contribution in [3.63, 3.8) is 0 Å². The Hall–Kier alpha value is -1.30. The first-order chi connectivity index (χ1) is 6.22. The third kappa shape index (κ3) is 3.29. The van der Waals surface area contributed by atoms with E-state index in [0.717, 1.165) is 13.1 Å². The Bertz CT molecular complexity index is 293. The smallest absolute Gasteiger partial charge is 0.237 e. The first-order valence-electron chi connectivity index (χ1n) is 4.64. The molecule has 0 saturated heterocycles. The van der Waals surface area contributed by atoms with Crippen LogP contribution in [-0.4, -0.2) is 4.57 Å². The van der Waals surface area contributed by atoms with Crippen molar-refractivity contribution >= 4 is 0 Å². The quantitative estimate of drug-likeness (QED) is 0.640. The van der Waals surface area contributed by atoms with E-state index in [2.05, 4.69) is 37.0 Å². The van der Waals surface area contributed by atoms with Gasteiger partial charge in [-0.2, -0.15) is 5.26 Å². The number of aryl methyl sites for hydroxylation is 1. The maximum atomic E-state index is 8.41. The summed E-state index contributed by atoms with van der Waals surface area (Å²) in [5.74, 6) is 0.664. The minimum Gasteiger partial charge on any atom is -0.237 e. The molecular weight excluding hydrogens is 162 g/mol. The van der Waals surface area contributed by atoms with Crippen LogP contribution in [0.3, 0.4) is 0 Å². The molecule has 1 rings (SSSR count). The van der Waals surface area contributed by atoms with Gasteiger partial charge >= 0.3 is 0 Å². The van der Waals surface area contributed by atoms with Gasteiger partial charge in [-0.05, 0) is 5.92 Å². The molecule has 0 N–H and O–H groups in total. The van der Waals surface area contributed by atoms with Gasteiger partial charge in [-0.3, -0.25) is 0 Å². The van der Waals surface area contributed by atoms with Crippen LogP contribution in [0.1, 0.15) is 20.3 Å². The maximum absolute atomic E-state index is 8.41. The van der Waals surface area contributed by atoms with Gasteiger partial charge in [0.05, 0.1) is 19.0 Å². The molecule has 0 bridgehead atoms. The van der Waals surface area contributed by atoms with Crippen molar-refractivity contribution in [1.29, 1.82) is 5.26 Å². The Balaban J connectivity index is 2.49. The Labute approximate surface area is 79.2 Å². The molecule has 1 aromatic rings. The summed E-state index contributed by atoms with van der Waals surface area (Å²) < 4.78 is 4.20. The molecule has 0 aliphatic carbocycles. The van der Waals surface area contributed by atoms with Crippen molar-refractivity contribution in [2.24, 2.45) is 5.92 Å². The van der Waals surface area contributed by atoms with Gasteiger partial charge in [-0.25, -0.2) is 9.13 Å². The molecule has 0 saturated carbocycles. The van der Waals surface area contributed by atoms with Crippen LogP contribution in [0.2, 0.25) is 0 Å². The van der Waals surface area contributed by atoms with Crippen molar-refractivity contribution in [1.82, 2.24) is 4.57 Å². The van der Waals surface area contributed by atoms with Crippen molar-refractivity contribution in [3.8, 4) is 6.07 Å². The maximum Gasteiger partial charge on any atom is 0.243 e. The predicted octanol–water partition coefficient (Wildman–Crippen LogP) is 1.35. The topological polar surface area (TPSA) is 32.6 Å². The average Bonchev–Trinajstić information content (AvgIpc) is 2.48. The third-order valence-electron chi connectivity index (χ3n) is 1.80. The first kappa shape index (κ1) is 9.79. The summed E-state index contributed by atoms with van der Waals surface area (Å²) in [5, 5.41) is 8.41. The van der Waals surface area contributed by atoms with Gasteiger partial charge in [0.1, 0.15) is 18.9 Å². The minimum absolute atomic E-state index is 0.580. The van der Waals surface area contributed by atoms with E-state index in [1.807, 2.05) is 10.8 Å². The highest BCUT2D eigenvalue weighted by Crippen LogP contribution is 1.92. The predicted molar refractivity (Wildman–Crippen MR) is 49.7 cm³/mol. The largest absolute Gasteiger partial charge is 0.243 e. The number of nitrogens with zero attached hydrogens (tertiary/aromatic N) is 3. The second kappa shape index (κ2) is 4.66. The fourth-order valence-electron chi connectivity index (χ4n) is 1.28. The van der Waals surface area contributed by atoms with E-state index < -0.39 is 0 Å². The molecule has 0 aliphatic heterocycles. The second-order valence-electron chi connectivity index (χ2n) is 3.65. The van der Waals surface area contributed by atoms with Gasteiger partial charge in [0.2, 0.25) is 6.33 Å². The minimum atomic E-state index is 0.580. The fourth-order valence-corrected chi connectivity index (χ4v) is 1.28. The van der Waals surface area contributed by atoms with Crippen LogP contribution in [0.25, 0.3) is 0 Å². The Morgan fingerprint density at radius 3 is 2.92 bits per heavy atom. The molecule has 3 nitrogen and oxygen atoms in total. The zero-order chi connectivity index (χ0) is 9.68. The fraction of sp³-hybridized carbons (Fsp3) is 0.600. The number of hydrogen-bond acceptors (Lipinski definition) is 1. The van der Waals surface area contributed by atoms with E-state index in [9.17, 15) is 0 Å². The number of rotatable bonds is 4. The molecule has 0 aliphatic rings. The standard InChI is InChI=1S/C10H16N3/c1-10(2)8-13-7-6-12(9-13)5-3-4-11/h6-7,9-10H,3,5,8H2,1-2H3/q+1. The summed E-state index contributed by atoms with van der Waals surface area (Å²) in [6, 6.07) is 2.14. The molecular formula is C10H16N3+. The highest BCUT2D eigenvalue weighted by atomic mass is 15.1. The molecule has 0 radical (unpaired) electrons. The summed E-state index contributed by atoms with van der Waals surface area (Å²) in [6.07, 6.45) is 6.70. The Kier molecular flexibility index (Phi) is 3.51. The van der Waals surface area contributed by atoms with Gasteiger partial charge in [0, 0.05) is 0 Å². The zero-order valence-corrected chi connectivity index (χ0v) is 8.27. The molecule has 1 aromatic heterocycles. The van der Waals surface area contributed by atoms with Crippen LogP contribution in [0.15, 0.2) is 18.7 Å². The lowest BCUT2D eigenvalue weighted by Gasteiger charge is -1.98. The second-order valence-corrected chi connectivity index (χ2v) is 3.65. The molecule has 0 spiro atoms.